The second kappa shape index (κ2) is 6.80. The summed E-state index contributed by atoms with van der Waals surface area (Å²) in [5.41, 5.74) is 1.73. The first kappa shape index (κ1) is 17.0. The van der Waals surface area contributed by atoms with E-state index in [4.69, 9.17) is 0 Å². The summed E-state index contributed by atoms with van der Waals surface area (Å²) in [6.07, 6.45) is 2.74. The number of thiophene rings is 1. The molecule has 0 saturated carbocycles. The van der Waals surface area contributed by atoms with Gasteiger partial charge in [0.1, 0.15) is 0 Å². The first-order valence-electron chi connectivity index (χ1n) is 8.33. The Balaban J connectivity index is 1.99. The van der Waals surface area contributed by atoms with Crippen LogP contribution < -0.4 is 5.32 Å². The lowest BCUT2D eigenvalue weighted by Gasteiger charge is -2.27. The molecule has 0 amide bonds. The molecule has 21 heavy (non-hydrogen) atoms. The molecular weight excluding hydrogens is 276 g/mol. The van der Waals surface area contributed by atoms with Gasteiger partial charge in [0.25, 0.3) is 0 Å². The fourth-order valence-electron chi connectivity index (χ4n) is 3.21. The Morgan fingerprint density at radius 2 is 2.10 bits per heavy atom. The van der Waals surface area contributed by atoms with Crippen LogP contribution in [0.5, 0.6) is 0 Å². The SMILES string of the molecule is Cc1sc(CNC(C)(C)C)cc1CN1CCCC1C(C)C. The summed E-state index contributed by atoms with van der Waals surface area (Å²) in [7, 11) is 0. The molecular formula is C18H32N2S. The second-order valence-corrected chi connectivity index (χ2v) is 9.16. The Morgan fingerprint density at radius 3 is 2.71 bits per heavy atom. The number of hydrogen-bond donors (Lipinski definition) is 1. The Hall–Kier alpha value is -0.380. The predicted molar refractivity (Wildman–Crippen MR) is 93.9 cm³/mol. The molecule has 1 N–H and O–H groups in total. The normalized spacial score (nSPS) is 20.6. The molecule has 1 aliphatic heterocycles. The Bertz CT molecular complexity index is 456. The molecule has 0 bridgehead atoms. The van der Waals surface area contributed by atoms with Gasteiger partial charge in [-0.2, -0.15) is 0 Å². The third-order valence-electron chi connectivity index (χ3n) is 4.42. The number of likely N-dealkylation sites (tertiary alicyclic amines) is 1. The van der Waals surface area contributed by atoms with Gasteiger partial charge in [-0.15, -0.1) is 11.3 Å². The lowest BCUT2D eigenvalue weighted by molar-refractivity contribution is 0.199. The van der Waals surface area contributed by atoms with E-state index in [1.165, 1.54) is 29.1 Å². The topological polar surface area (TPSA) is 15.3 Å². The average molecular weight is 309 g/mol. The highest BCUT2D eigenvalue weighted by atomic mass is 32.1. The molecule has 0 radical (unpaired) electrons. The summed E-state index contributed by atoms with van der Waals surface area (Å²) < 4.78 is 0. The highest BCUT2D eigenvalue weighted by Gasteiger charge is 2.27. The van der Waals surface area contributed by atoms with Gasteiger partial charge in [0, 0.05) is 34.4 Å². The van der Waals surface area contributed by atoms with Crippen LogP contribution in [0.2, 0.25) is 0 Å². The Kier molecular flexibility index (Phi) is 5.50. The van der Waals surface area contributed by atoms with Crippen LogP contribution in [0.15, 0.2) is 6.07 Å². The van der Waals surface area contributed by atoms with Crippen molar-refractivity contribution in [1.82, 2.24) is 10.2 Å². The average Bonchev–Trinajstić information content (AvgIpc) is 2.94. The molecule has 0 aromatic carbocycles. The van der Waals surface area contributed by atoms with Crippen molar-refractivity contribution in [2.45, 2.75) is 79.1 Å². The van der Waals surface area contributed by atoms with Gasteiger partial charge in [0.05, 0.1) is 0 Å². The molecule has 3 heteroatoms. The van der Waals surface area contributed by atoms with Gasteiger partial charge in [-0.05, 0) is 64.6 Å². The van der Waals surface area contributed by atoms with Gasteiger partial charge < -0.3 is 5.32 Å². The minimum absolute atomic E-state index is 0.190. The molecule has 1 atom stereocenters. The monoisotopic (exact) mass is 308 g/mol. The molecule has 1 aromatic rings. The molecule has 0 spiro atoms. The van der Waals surface area contributed by atoms with Crippen molar-refractivity contribution in [3.05, 3.63) is 21.4 Å². The molecule has 1 saturated heterocycles. The maximum absolute atomic E-state index is 3.60. The Labute approximate surface area is 134 Å². The summed E-state index contributed by atoms with van der Waals surface area (Å²) in [5, 5.41) is 3.60. The molecule has 2 heterocycles. The van der Waals surface area contributed by atoms with Gasteiger partial charge >= 0.3 is 0 Å². The van der Waals surface area contributed by atoms with Gasteiger partial charge in [0.15, 0.2) is 0 Å². The maximum Gasteiger partial charge on any atom is 0.0304 e. The van der Waals surface area contributed by atoms with Gasteiger partial charge in [-0.3, -0.25) is 4.90 Å². The first-order chi connectivity index (χ1) is 9.76. The van der Waals surface area contributed by atoms with Crippen molar-refractivity contribution in [2.24, 2.45) is 5.92 Å². The third-order valence-corrected chi connectivity index (χ3v) is 5.51. The minimum Gasteiger partial charge on any atom is -0.307 e. The van der Waals surface area contributed by atoms with E-state index in [0.717, 1.165) is 25.0 Å². The van der Waals surface area contributed by atoms with Crippen LogP contribution in [0.4, 0.5) is 0 Å². The Morgan fingerprint density at radius 1 is 1.38 bits per heavy atom. The van der Waals surface area contributed by atoms with Crippen molar-refractivity contribution in [3.63, 3.8) is 0 Å². The van der Waals surface area contributed by atoms with E-state index in [2.05, 4.69) is 57.8 Å². The standard InChI is InChI=1S/C18H32N2S/c1-13(2)17-8-7-9-20(17)12-15-10-16(21-14(15)3)11-19-18(4,5)6/h10,13,17,19H,7-9,11-12H2,1-6H3. The van der Waals surface area contributed by atoms with Crippen LogP contribution >= 0.6 is 11.3 Å². The van der Waals surface area contributed by atoms with Crippen molar-refractivity contribution in [2.75, 3.05) is 6.54 Å². The molecule has 1 aromatic heterocycles. The first-order valence-corrected chi connectivity index (χ1v) is 9.15. The van der Waals surface area contributed by atoms with E-state index >= 15 is 0 Å². The number of aryl methyl sites for hydroxylation is 1. The van der Waals surface area contributed by atoms with E-state index in [0.29, 0.717) is 0 Å². The number of rotatable bonds is 5. The molecule has 1 aliphatic rings. The fraction of sp³-hybridized carbons (Fsp3) is 0.778. The van der Waals surface area contributed by atoms with Crippen LogP contribution in [-0.2, 0) is 13.1 Å². The van der Waals surface area contributed by atoms with E-state index in [9.17, 15) is 0 Å². The maximum atomic E-state index is 3.60. The van der Waals surface area contributed by atoms with Gasteiger partial charge in [-0.25, -0.2) is 0 Å². The summed E-state index contributed by atoms with van der Waals surface area (Å²) in [5.74, 6) is 0.772. The zero-order chi connectivity index (χ0) is 15.6. The number of hydrogen-bond acceptors (Lipinski definition) is 3. The zero-order valence-corrected chi connectivity index (χ0v) is 15.4. The quantitative estimate of drug-likeness (QED) is 0.857. The van der Waals surface area contributed by atoms with Gasteiger partial charge in [0.2, 0.25) is 0 Å². The second-order valence-electron chi connectivity index (χ2n) is 7.82. The van der Waals surface area contributed by atoms with Crippen LogP contribution in [0.25, 0.3) is 0 Å². The smallest absolute Gasteiger partial charge is 0.0304 e. The number of nitrogens with zero attached hydrogens (tertiary/aromatic N) is 1. The predicted octanol–water partition coefficient (Wildman–Crippen LogP) is 4.57. The van der Waals surface area contributed by atoms with Crippen LogP contribution in [-0.4, -0.2) is 23.0 Å². The van der Waals surface area contributed by atoms with Crippen LogP contribution in [0.3, 0.4) is 0 Å². The lowest BCUT2D eigenvalue weighted by atomic mass is 10.0. The molecule has 2 rings (SSSR count). The molecule has 1 fully saturated rings. The van der Waals surface area contributed by atoms with Crippen molar-refractivity contribution < 1.29 is 0 Å². The molecule has 120 valence electrons. The summed E-state index contributed by atoms with van der Waals surface area (Å²) in [4.78, 5) is 5.66. The summed E-state index contributed by atoms with van der Waals surface area (Å²) >= 11 is 1.96. The lowest BCUT2D eigenvalue weighted by Crippen LogP contribution is -2.34. The molecule has 0 aliphatic carbocycles. The van der Waals surface area contributed by atoms with Gasteiger partial charge in [-0.1, -0.05) is 13.8 Å². The van der Waals surface area contributed by atoms with E-state index in [1.807, 2.05) is 11.3 Å². The van der Waals surface area contributed by atoms with E-state index in [1.54, 1.807) is 5.56 Å². The van der Waals surface area contributed by atoms with Crippen LogP contribution in [0.1, 0.15) is 62.8 Å². The fourth-order valence-corrected chi connectivity index (χ4v) is 4.20. The molecule has 2 nitrogen and oxygen atoms in total. The number of nitrogens with one attached hydrogen (secondary N) is 1. The molecule has 1 unspecified atom stereocenters. The van der Waals surface area contributed by atoms with Crippen molar-refractivity contribution >= 4 is 11.3 Å². The summed E-state index contributed by atoms with van der Waals surface area (Å²) in [6.45, 7) is 17.1. The van der Waals surface area contributed by atoms with Crippen LogP contribution in [0, 0.1) is 12.8 Å². The largest absolute Gasteiger partial charge is 0.307 e. The van der Waals surface area contributed by atoms with E-state index < -0.39 is 0 Å². The highest BCUT2D eigenvalue weighted by Crippen LogP contribution is 2.29. The van der Waals surface area contributed by atoms with Crippen molar-refractivity contribution in [3.8, 4) is 0 Å². The third kappa shape index (κ3) is 4.80. The zero-order valence-electron chi connectivity index (χ0n) is 14.6. The summed E-state index contributed by atoms with van der Waals surface area (Å²) in [6, 6.07) is 3.20. The van der Waals surface area contributed by atoms with Crippen molar-refractivity contribution in [1.29, 1.82) is 0 Å². The van der Waals surface area contributed by atoms with E-state index in [-0.39, 0.29) is 5.54 Å². The highest BCUT2D eigenvalue weighted by molar-refractivity contribution is 7.12. The minimum atomic E-state index is 0.190.